The SMILES string of the molecule is CNC(=O)C(NC(=O)CNC(=O)c1c[nH]c2ccccc2c1=O)c1ccc(F)c(F)c1. The molecule has 3 aromatic rings. The first-order chi connectivity index (χ1) is 14.8. The fraction of sp³-hybridized carbons (Fsp3) is 0.143. The fourth-order valence-corrected chi connectivity index (χ4v) is 2.94. The van der Waals surface area contributed by atoms with Crippen molar-refractivity contribution in [2.24, 2.45) is 0 Å². The van der Waals surface area contributed by atoms with Crippen LogP contribution in [-0.4, -0.2) is 36.3 Å². The maximum atomic E-state index is 13.5. The van der Waals surface area contributed by atoms with Crippen molar-refractivity contribution in [3.8, 4) is 0 Å². The van der Waals surface area contributed by atoms with E-state index in [1.165, 1.54) is 13.2 Å². The quantitative estimate of drug-likeness (QED) is 0.471. The third-order valence-electron chi connectivity index (χ3n) is 4.53. The number of fused-ring (bicyclic) bond motifs is 1. The van der Waals surface area contributed by atoms with Crippen LogP contribution in [-0.2, 0) is 9.59 Å². The first-order valence-corrected chi connectivity index (χ1v) is 9.16. The number of aromatic amines is 1. The van der Waals surface area contributed by atoms with Gasteiger partial charge in [0.25, 0.3) is 5.91 Å². The van der Waals surface area contributed by atoms with E-state index in [2.05, 4.69) is 20.9 Å². The van der Waals surface area contributed by atoms with Gasteiger partial charge in [-0.2, -0.15) is 0 Å². The first kappa shape index (κ1) is 21.6. The van der Waals surface area contributed by atoms with Gasteiger partial charge in [-0.3, -0.25) is 19.2 Å². The average molecular weight is 428 g/mol. The van der Waals surface area contributed by atoms with Crippen molar-refractivity contribution in [1.82, 2.24) is 20.9 Å². The Morgan fingerprint density at radius 3 is 2.52 bits per heavy atom. The summed E-state index contributed by atoms with van der Waals surface area (Å²) in [5.74, 6) is -4.50. The molecule has 10 heteroatoms. The lowest BCUT2D eigenvalue weighted by atomic mass is 10.1. The molecule has 8 nitrogen and oxygen atoms in total. The van der Waals surface area contributed by atoms with Crippen molar-refractivity contribution in [2.75, 3.05) is 13.6 Å². The number of amides is 3. The van der Waals surface area contributed by atoms with E-state index in [1.807, 2.05) is 0 Å². The number of halogens is 2. The standard InChI is InChI=1S/C21H18F2N4O4/c1-24-21(31)18(11-6-7-14(22)15(23)8-11)27-17(28)10-26-20(30)13-9-25-16-5-3-2-4-12(16)19(13)29/h2-9,18H,10H2,1H3,(H,24,31)(H,25,29)(H,26,30)(H,27,28). The summed E-state index contributed by atoms with van der Waals surface area (Å²) >= 11 is 0. The maximum absolute atomic E-state index is 13.5. The van der Waals surface area contributed by atoms with Crippen molar-refractivity contribution < 1.29 is 23.2 Å². The summed E-state index contributed by atoms with van der Waals surface area (Å²) in [4.78, 5) is 52.0. The van der Waals surface area contributed by atoms with Crippen LogP contribution in [0.1, 0.15) is 22.0 Å². The fourth-order valence-electron chi connectivity index (χ4n) is 2.94. The molecule has 31 heavy (non-hydrogen) atoms. The Labute approximate surface area is 174 Å². The van der Waals surface area contributed by atoms with Crippen molar-refractivity contribution in [2.45, 2.75) is 6.04 Å². The van der Waals surface area contributed by atoms with Gasteiger partial charge >= 0.3 is 0 Å². The number of rotatable bonds is 6. The number of benzene rings is 2. The van der Waals surface area contributed by atoms with Gasteiger partial charge in [-0.25, -0.2) is 8.78 Å². The Kier molecular flexibility index (Phi) is 6.39. The van der Waals surface area contributed by atoms with Crippen LogP contribution < -0.4 is 21.4 Å². The second kappa shape index (κ2) is 9.16. The van der Waals surface area contributed by atoms with E-state index < -0.39 is 47.4 Å². The molecule has 0 aliphatic heterocycles. The summed E-state index contributed by atoms with van der Waals surface area (Å²) in [7, 11) is 1.31. The molecule has 1 aromatic heterocycles. The molecule has 0 spiro atoms. The second-order valence-corrected chi connectivity index (χ2v) is 6.55. The number of para-hydroxylation sites is 1. The Morgan fingerprint density at radius 2 is 1.81 bits per heavy atom. The maximum Gasteiger partial charge on any atom is 0.257 e. The molecule has 0 saturated heterocycles. The molecular formula is C21H18F2N4O4. The van der Waals surface area contributed by atoms with Gasteiger partial charge in [-0.15, -0.1) is 0 Å². The second-order valence-electron chi connectivity index (χ2n) is 6.55. The molecule has 2 aromatic carbocycles. The normalized spacial score (nSPS) is 11.6. The summed E-state index contributed by atoms with van der Waals surface area (Å²) < 4.78 is 26.7. The van der Waals surface area contributed by atoms with Crippen LogP contribution >= 0.6 is 0 Å². The Bertz CT molecular complexity index is 1230. The number of carbonyl (C=O) groups is 3. The number of carbonyl (C=O) groups excluding carboxylic acids is 3. The number of aromatic nitrogens is 1. The minimum atomic E-state index is -1.31. The number of pyridine rings is 1. The van der Waals surface area contributed by atoms with Gasteiger partial charge in [0.2, 0.25) is 17.2 Å². The third-order valence-corrected chi connectivity index (χ3v) is 4.53. The number of likely N-dealkylation sites (N-methyl/N-ethyl adjacent to an activating group) is 1. The topological polar surface area (TPSA) is 120 Å². The molecule has 3 rings (SSSR count). The van der Waals surface area contributed by atoms with Gasteiger partial charge in [0, 0.05) is 24.1 Å². The summed E-state index contributed by atoms with van der Waals surface area (Å²) in [6, 6.07) is 8.11. The van der Waals surface area contributed by atoms with Crippen molar-refractivity contribution in [3.05, 3.63) is 81.6 Å². The van der Waals surface area contributed by atoms with Crippen molar-refractivity contribution in [1.29, 1.82) is 0 Å². The van der Waals surface area contributed by atoms with E-state index in [1.54, 1.807) is 24.3 Å². The molecule has 0 fully saturated rings. The lowest BCUT2D eigenvalue weighted by Gasteiger charge is -2.18. The minimum absolute atomic E-state index is 0.0175. The highest BCUT2D eigenvalue weighted by Gasteiger charge is 2.23. The average Bonchev–Trinajstić information content (AvgIpc) is 2.77. The summed E-state index contributed by atoms with van der Waals surface area (Å²) in [6.45, 7) is -0.553. The van der Waals surface area contributed by atoms with E-state index in [-0.39, 0.29) is 11.1 Å². The summed E-state index contributed by atoms with van der Waals surface area (Å²) in [6.07, 6.45) is 1.24. The molecule has 0 saturated carbocycles. The van der Waals surface area contributed by atoms with Crippen LogP contribution in [0.15, 0.2) is 53.5 Å². The van der Waals surface area contributed by atoms with E-state index in [9.17, 15) is 28.0 Å². The Morgan fingerprint density at radius 1 is 1.06 bits per heavy atom. The van der Waals surface area contributed by atoms with Crippen LogP contribution in [0.4, 0.5) is 8.78 Å². The number of hydrogen-bond donors (Lipinski definition) is 4. The Balaban J connectivity index is 1.71. The molecular weight excluding hydrogens is 410 g/mol. The molecule has 1 heterocycles. The van der Waals surface area contributed by atoms with Gasteiger partial charge in [0.1, 0.15) is 11.6 Å². The molecule has 0 aliphatic carbocycles. The Hall–Kier alpha value is -4.08. The van der Waals surface area contributed by atoms with E-state index in [0.717, 1.165) is 18.2 Å². The molecule has 0 radical (unpaired) electrons. The molecule has 160 valence electrons. The number of hydrogen-bond acceptors (Lipinski definition) is 4. The molecule has 1 unspecified atom stereocenters. The predicted octanol–water partition coefficient (Wildman–Crippen LogP) is 1.14. The van der Waals surface area contributed by atoms with E-state index in [0.29, 0.717) is 10.9 Å². The molecule has 0 aliphatic rings. The monoisotopic (exact) mass is 428 g/mol. The molecule has 4 N–H and O–H groups in total. The smallest absolute Gasteiger partial charge is 0.257 e. The van der Waals surface area contributed by atoms with Gasteiger partial charge in [0.05, 0.1) is 6.54 Å². The van der Waals surface area contributed by atoms with Crippen molar-refractivity contribution in [3.63, 3.8) is 0 Å². The highest BCUT2D eigenvalue weighted by atomic mass is 19.2. The zero-order valence-electron chi connectivity index (χ0n) is 16.3. The van der Waals surface area contributed by atoms with Crippen LogP contribution in [0, 0.1) is 11.6 Å². The summed E-state index contributed by atoms with van der Waals surface area (Å²) in [5.41, 5.74) is -0.113. The van der Waals surface area contributed by atoms with Crippen LogP contribution in [0.2, 0.25) is 0 Å². The van der Waals surface area contributed by atoms with Crippen LogP contribution in [0.25, 0.3) is 10.9 Å². The van der Waals surface area contributed by atoms with Gasteiger partial charge in [-0.1, -0.05) is 18.2 Å². The van der Waals surface area contributed by atoms with Crippen LogP contribution in [0.3, 0.4) is 0 Å². The molecule has 0 bridgehead atoms. The van der Waals surface area contributed by atoms with Gasteiger partial charge in [0.15, 0.2) is 11.6 Å². The van der Waals surface area contributed by atoms with Crippen molar-refractivity contribution >= 4 is 28.6 Å². The van der Waals surface area contributed by atoms with Gasteiger partial charge < -0.3 is 20.9 Å². The third kappa shape index (κ3) is 4.74. The predicted molar refractivity (Wildman–Crippen MR) is 108 cm³/mol. The summed E-state index contributed by atoms with van der Waals surface area (Å²) in [5, 5.41) is 7.28. The zero-order chi connectivity index (χ0) is 22.5. The highest BCUT2D eigenvalue weighted by Crippen LogP contribution is 2.17. The lowest BCUT2D eigenvalue weighted by Crippen LogP contribution is -2.44. The first-order valence-electron chi connectivity index (χ1n) is 9.16. The number of nitrogens with one attached hydrogen (secondary N) is 4. The lowest BCUT2D eigenvalue weighted by molar-refractivity contribution is -0.128. The molecule has 3 amide bonds. The largest absolute Gasteiger partial charge is 0.360 e. The van der Waals surface area contributed by atoms with E-state index >= 15 is 0 Å². The van der Waals surface area contributed by atoms with Gasteiger partial charge in [-0.05, 0) is 29.8 Å². The van der Waals surface area contributed by atoms with Crippen LogP contribution in [0.5, 0.6) is 0 Å². The van der Waals surface area contributed by atoms with E-state index in [4.69, 9.17) is 0 Å². The highest BCUT2D eigenvalue weighted by molar-refractivity contribution is 5.99. The molecule has 1 atom stereocenters. The number of H-pyrrole nitrogens is 1. The minimum Gasteiger partial charge on any atom is -0.360 e. The zero-order valence-corrected chi connectivity index (χ0v) is 16.3.